The topological polar surface area (TPSA) is 46.5 Å². The third-order valence-electron chi connectivity index (χ3n) is 3.00. The number of para-hydroxylation sites is 2. The molecule has 4 heteroatoms. The van der Waals surface area contributed by atoms with E-state index in [2.05, 4.69) is 0 Å². The highest BCUT2D eigenvalue weighted by Gasteiger charge is 2.33. The second-order valence-electron chi connectivity index (χ2n) is 4.07. The van der Waals surface area contributed by atoms with Crippen molar-refractivity contribution in [2.75, 3.05) is 0 Å². The van der Waals surface area contributed by atoms with Crippen LogP contribution < -0.4 is 4.74 Å². The molecule has 1 aliphatic heterocycles. The maximum atomic E-state index is 13.7. The third kappa shape index (κ3) is 1.46. The van der Waals surface area contributed by atoms with Gasteiger partial charge in [-0.2, -0.15) is 0 Å². The Balaban J connectivity index is 2.27. The Morgan fingerprint density at radius 1 is 1.11 bits per heavy atom. The van der Waals surface area contributed by atoms with Crippen LogP contribution in [0.3, 0.4) is 0 Å². The molecule has 90 valence electrons. The molecule has 0 aromatic heterocycles. The summed E-state index contributed by atoms with van der Waals surface area (Å²) in [5.41, 5.74) is 0.893. The minimum Gasteiger partial charge on any atom is -0.481 e. The molecule has 0 amide bonds. The van der Waals surface area contributed by atoms with Gasteiger partial charge in [-0.15, -0.1) is 0 Å². The Bertz CT molecular complexity index is 637. The number of halogens is 1. The number of carbonyl (C=O) groups is 1. The van der Waals surface area contributed by atoms with E-state index in [4.69, 9.17) is 4.74 Å². The number of hydrogen-bond donors (Lipinski definition) is 1. The Hall–Kier alpha value is -2.36. The number of ether oxygens (including phenoxy) is 1. The molecule has 1 unspecified atom stereocenters. The summed E-state index contributed by atoms with van der Waals surface area (Å²) in [4.78, 5) is 11.4. The second-order valence-corrected chi connectivity index (χ2v) is 4.07. The molecule has 2 aromatic rings. The summed E-state index contributed by atoms with van der Waals surface area (Å²) >= 11 is 0. The first kappa shape index (κ1) is 10.8. The van der Waals surface area contributed by atoms with Crippen LogP contribution in [0.4, 0.5) is 4.39 Å². The summed E-state index contributed by atoms with van der Waals surface area (Å²) < 4.78 is 19.1. The molecule has 0 bridgehead atoms. The maximum absolute atomic E-state index is 13.7. The van der Waals surface area contributed by atoms with Crippen LogP contribution in [0.1, 0.15) is 17.0 Å². The molecule has 1 heterocycles. The fourth-order valence-electron chi connectivity index (χ4n) is 2.22. The second kappa shape index (κ2) is 3.84. The zero-order valence-electron chi connectivity index (χ0n) is 9.26. The molecule has 18 heavy (non-hydrogen) atoms. The Kier molecular flexibility index (Phi) is 2.30. The summed E-state index contributed by atoms with van der Waals surface area (Å²) in [6.45, 7) is 0. The summed E-state index contributed by atoms with van der Waals surface area (Å²) in [5, 5.41) is 9.34. The monoisotopic (exact) mass is 244 g/mol. The highest BCUT2D eigenvalue weighted by atomic mass is 19.1. The summed E-state index contributed by atoms with van der Waals surface area (Å²) in [6.07, 6.45) is 0. The normalized spacial score (nSPS) is 16.4. The van der Waals surface area contributed by atoms with Crippen molar-refractivity contribution in [3.8, 4) is 11.5 Å². The number of hydrogen-bond acceptors (Lipinski definition) is 2. The van der Waals surface area contributed by atoms with Gasteiger partial charge in [-0.25, -0.2) is 4.39 Å². The number of benzene rings is 2. The van der Waals surface area contributed by atoms with E-state index in [1.54, 1.807) is 30.3 Å². The fraction of sp³-hybridized carbons (Fsp3) is 0.0714. The zero-order chi connectivity index (χ0) is 12.7. The van der Waals surface area contributed by atoms with Crippen molar-refractivity contribution < 1.29 is 19.0 Å². The van der Waals surface area contributed by atoms with Crippen molar-refractivity contribution >= 4 is 5.97 Å². The Labute approximate surface area is 102 Å². The average Bonchev–Trinajstić information content (AvgIpc) is 2.36. The highest BCUT2D eigenvalue weighted by molar-refractivity contribution is 5.83. The molecular formula is C14H9FO3. The summed E-state index contributed by atoms with van der Waals surface area (Å²) in [5.74, 6) is -2.06. The van der Waals surface area contributed by atoms with E-state index in [1.807, 2.05) is 0 Å². The minimum atomic E-state index is -1.02. The van der Waals surface area contributed by atoms with Crippen LogP contribution in [0.5, 0.6) is 11.5 Å². The third-order valence-corrected chi connectivity index (χ3v) is 3.00. The predicted octanol–water partition coefficient (Wildman–Crippen LogP) is 3.15. The molecule has 1 N–H and O–H groups in total. The molecule has 0 fully saturated rings. The van der Waals surface area contributed by atoms with Crippen LogP contribution >= 0.6 is 0 Å². The van der Waals surface area contributed by atoms with Crippen LogP contribution in [0.2, 0.25) is 0 Å². The molecule has 1 aliphatic rings. The molecule has 0 saturated carbocycles. The molecule has 2 aromatic carbocycles. The van der Waals surface area contributed by atoms with Crippen LogP contribution in [-0.4, -0.2) is 11.1 Å². The van der Waals surface area contributed by atoms with Crippen LogP contribution in [0.15, 0.2) is 42.5 Å². The lowest BCUT2D eigenvalue weighted by molar-refractivity contribution is -0.137. The molecule has 0 radical (unpaired) electrons. The molecule has 0 aliphatic carbocycles. The SMILES string of the molecule is O=C(O)C1c2ccccc2Oc2c(F)cccc21. The molecule has 0 saturated heterocycles. The van der Waals surface area contributed by atoms with E-state index in [0.717, 1.165) is 0 Å². The van der Waals surface area contributed by atoms with Crippen molar-refractivity contribution in [1.29, 1.82) is 0 Å². The molecule has 3 nitrogen and oxygen atoms in total. The highest BCUT2D eigenvalue weighted by Crippen LogP contribution is 2.44. The van der Waals surface area contributed by atoms with Crippen LogP contribution in [0, 0.1) is 5.82 Å². The van der Waals surface area contributed by atoms with Gasteiger partial charge in [0.15, 0.2) is 11.6 Å². The quantitative estimate of drug-likeness (QED) is 0.838. The minimum absolute atomic E-state index is 0.00333. The van der Waals surface area contributed by atoms with Crippen LogP contribution in [0.25, 0.3) is 0 Å². The number of carboxylic acids is 1. The van der Waals surface area contributed by atoms with Crippen molar-refractivity contribution in [2.45, 2.75) is 5.92 Å². The number of fused-ring (bicyclic) bond motifs is 2. The van der Waals surface area contributed by atoms with E-state index < -0.39 is 17.7 Å². The molecule has 1 atom stereocenters. The maximum Gasteiger partial charge on any atom is 0.315 e. The Morgan fingerprint density at radius 3 is 2.61 bits per heavy atom. The average molecular weight is 244 g/mol. The molecular weight excluding hydrogens is 235 g/mol. The first-order valence-electron chi connectivity index (χ1n) is 5.46. The summed E-state index contributed by atoms with van der Waals surface area (Å²) in [7, 11) is 0. The molecule has 3 rings (SSSR count). The van der Waals surface area contributed by atoms with Gasteiger partial charge >= 0.3 is 5.97 Å². The first-order valence-corrected chi connectivity index (χ1v) is 5.46. The van der Waals surface area contributed by atoms with Gasteiger partial charge in [-0.05, 0) is 12.1 Å². The van der Waals surface area contributed by atoms with Gasteiger partial charge in [0.2, 0.25) is 0 Å². The predicted molar refractivity (Wildman–Crippen MR) is 62.4 cm³/mol. The van der Waals surface area contributed by atoms with Gasteiger partial charge < -0.3 is 9.84 Å². The van der Waals surface area contributed by atoms with Crippen molar-refractivity contribution in [3.05, 3.63) is 59.4 Å². The standard InChI is InChI=1S/C14H9FO3/c15-10-6-3-5-9-12(14(16)17)8-4-1-2-7-11(8)18-13(9)10/h1-7,12H,(H,16,17). The lowest BCUT2D eigenvalue weighted by Gasteiger charge is -2.25. The lowest BCUT2D eigenvalue weighted by atomic mass is 9.88. The van der Waals surface area contributed by atoms with E-state index in [-0.39, 0.29) is 5.75 Å². The van der Waals surface area contributed by atoms with E-state index >= 15 is 0 Å². The van der Waals surface area contributed by atoms with Crippen molar-refractivity contribution in [2.24, 2.45) is 0 Å². The van der Waals surface area contributed by atoms with Crippen molar-refractivity contribution in [1.82, 2.24) is 0 Å². The Morgan fingerprint density at radius 2 is 1.83 bits per heavy atom. The van der Waals surface area contributed by atoms with Gasteiger partial charge in [0.25, 0.3) is 0 Å². The zero-order valence-corrected chi connectivity index (χ0v) is 9.26. The smallest absolute Gasteiger partial charge is 0.315 e. The van der Waals surface area contributed by atoms with Crippen LogP contribution in [-0.2, 0) is 4.79 Å². The number of carboxylic acid groups (broad SMARTS) is 1. The van der Waals surface area contributed by atoms with E-state index in [9.17, 15) is 14.3 Å². The first-order chi connectivity index (χ1) is 8.68. The largest absolute Gasteiger partial charge is 0.481 e. The lowest BCUT2D eigenvalue weighted by Crippen LogP contribution is -2.18. The van der Waals surface area contributed by atoms with Crippen molar-refractivity contribution in [3.63, 3.8) is 0 Å². The number of aliphatic carboxylic acids is 1. The van der Waals surface area contributed by atoms with Gasteiger partial charge in [-0.1, -0.05) is 30.3 Å². The van der Waals surface area contributed by atoms with Gasteiger partial charge in [0, 0.05) is 11.1 Å². The van der Waals surface area contributed by atoms with Gasteiger partial charge in [-0.3, -0.25) is 4.79 Å². The van der Waals surface area contributed by atoms with Gasteiger partial charge in [0.1, 0.15) is 11.7 Å². The van der Waals surface area contributed by atoms with Gasteiger partial charge in [0.05, 0.1) is 0 Å². The number of rotatable bonds is 1. The molecule has 0 spiro atoms. The van der Waals surface area contributed by atoms with E-state index in [0.29, 0.717) is 16.9 Å². The fourth-order valence-corrected chi connectivity index (χ4v) is 2.22. The van der Waals surface area contributed by atoms with E-state index in [1.165, 1.54) is 12.1 Å². The summed E-state index contributed by atoms with van der Waals surface area (Å²) in [6, 6.07) is 11.1.